The lowest BCUT2D eigenvalue weighted by Gasteiger charge is -2.24. The first-order valence-corrected chi connectivity index (χ1v) is 9.38. The smallest absolute Gasteiger partial charge is 0.257 e. The predicted molar refractivity (Wildman–Crippen MR) is 103 cm³/mol. The quantitative estimate of drug-likeness (QED) is 0.838. The van der Waals surface area contributed by atoms with Gasteiger partial charge in [0.2, 0.25) is 5.88 Å². The number of hydrogen-bond acceptors (Lipinski definition) is 5. The fourth-order valence-corrected chi connectivity index (χ4v) is 3.04. The van der Waals surface area contributed by atoms with Gasteiger partial charge in [-0.1, -0.05) is 19.9 Å². The molecule has 6 heteroatoms. The highest BCUT2D eigenvalue weighted by atomic mass is 16.5. The van der Waals surface area contributed by atoms with Crippen LogP contribution in [0.5, 0.6) is 17.4 Å². The van der Waals surface area contributed by atoms with Crippen LogP contribution in [-0.2, 0) is 0 Å². The number of aromatic nitrogens is 1. The summed E-state index contributed by atoms with van der Waals surface area (Å²) in [6, 6.07) is 9.12. The van der Waals surface area contributed by atoms with Crippen molar-refractivity contribution in [2.75, 3.05) is 19.8 Å². The van der Waals surface area contributed by atoms with Crippen LogP contribution in [0.25, 0.3) is 0 Å². The second-order valence-corrected chi connectivity index (χ2v) is 6.74. The van der Waals surface area contributed by atoms with E-state index in [1.54, 1.807) is 18.3 Å². The molecule has 2 aromatic rings. The molecule has 1 aromatic carbocycles. The Morgan fingerprint density at radius 3 is 2.74 bits per heavy atom. The van der Waals surface area contributed by atoms with E-state index in [1.807, 2.05) is 25.1 Å². The lowest BCUT2D eigenvalue weighted by atomic mass is 9.95. The topological polar surface area (TPSA) is 69.7 Å². The Morgan fingerprint density at radius 1 is 1.22 bits per heavy atom. The SMILES string of the molecule is CCOc1ncccc1C(=O)NC(c1ccc2c(c1)OCCCO2)C(C)C. The zero-order valence-electron chi connectivity index (χ0n) is 16.0. The van der Waals surface area contributed by atoms with Gasteiger partial charge >= 0.3 is 0 Å². The summed E-state index contributed by atoms with van der Waals surface area (Å²) in [6.45, 7) is 7.74. The first-order valence-electron chi connectivity index (χ1n) is 9.38. The molecule has 0 bridgehead atoms. The molecule has 0 fully saturated rings. The van der Waals surface area contributed by atoms with Crippen LogP contribution in [0.4, 0.5) is 0 Å². The average Bonchev–Trinajstić information content (AvgIpc) is 2.91. The summed E-state index contributed by atoms with van der Waals surface area (Å²) in [4.78, 5) is 17.0. The van der Waals surface area contributed by atoms with Crippen LogP contribution in [0, 0.1) is 5.92 Å². The van der Waals surface area contributed by atoms with E-state index in [0.717, 1.165) is 23.5 Å². The Kier molecular flexibility index (Phi) is 6.16. The molecule has 0 aliphatic carbocycles. The third-order valence-corrected chi connectivity index (χ3v) is 4.38. The van der Waals surface area contributed by atoms with Gasteiger partial charge in [-0.25, -0.2) is 4.98 Å². The van der Waals surface area contributed by atoms with Crippen molar-refractivity contribution in [3.05, 3.63) is 47.7 Å². The van der Waals surface area contributed by atoms with Gasteiger partial charge in [-0.3, -0.25) is 4.79 Å². The molecule has 6 nitrogen and oxygen atoms in total. The molecule has 0 radical (unpaired) electrons. The Labute approximate surface area is 159 Å². The number of nitrogens with zero attached hydrogens (tertiary/aromatic N) is 1. The predicted octanol–water partition coefficient (Wildman–Crippen LogP) is 3.77. The van der Waals surface area contributed by atoms with E-state index < -0.39 is 0 Å². The second kappa shape index (κ2) is 8.75. The molecule has 1 aromatic heterocycles. The highest BCUT2D eigenvalue weighted by Gasteiger charge is 2.23. The Morgan fingerprint density at radius 2 is 2.00 bits per heavy atom. The van der Waals surface area contributed by atoms with Gasteiger partial charge in [-0.2, -0.15) is 0 Å². The molecule has 3 rings (SSSR count). The van der Waals surface area contributed by atoms with E-state index in [1.165, 1.54) is 0 Å². The summed E-state index contributed by atoms with van der Waals surface area (Å²) in [5, 5.41) is 3.11. The Balaban J connectivity index is 1.84. The number of carbonyl (C=O) groups excluding carboxylic acids is 1. The van der Waals surface area contributed by atoms with Crippen LogP contribution in [0.2, 0.25) is 0 Å². The molecule has 144 valence electrons. The highest BCUT2D eigenvalue weighted by molar-refractivity contribution is 5.96. The van der Waals surface area contributed by atoms with Crippen LogP contribution in [0.1, 0.15) is 49.2 Å². The minimum atomic E-state index is -0.211. The average molecular weight is 370 g/mol. The standard InChI is InChI=1S/C21H26N2O4/c1-4-25-21-16(7-5-10-22-21)20(24)23-19(14(2)3)15-8-9-17-18(13-15)27-12-6-11-26-17/h5,7-10,13-14,19H,4,6,11-12H2,1-3H3,(H,23,24). The number of ether oxygens (including phenoxy) is 3. The number of carbonyl (C=O) groups is 1. The maximum Gasteiger partial charge on any atom is 0.257 e. The summed E-state index contributed by atoms with van der Waals surface area (Å²) in [7, 11) is 0. The fraction of sp³-hybridized carbons (Fsp3) is 0.429. The van der Waals surface area contributed by atoms with Gasteiger partial charge in [0.05, 0.1) is 25.9 Å². The third-order valence-electron chi connectivity index (χ3n) is 4.38. The molecule has 1 atom stereocenters. The molecule has 0 spiro atoms. The van der Waals surface area contributed by atoms with Gasteiger partial charge in [0.1, 0.15) is 5.56 Å². The Bertz CT molecular complexity index is 792. The lowest BCUT2D eigenvalue weighted by molar-refractivity contribution is 0.0920. The molecular formula is C21H26N2O4. The van der Waals surface area contributed by atoms with E-state index in [-0.39, 0.29) is 17.9 Å². The molecule has 2 heterocycles. The molecular weight excluding hydrogens is 344 g/mol. The van der Waals surface area contributed by atoms with E-state index in [2.05, 4.69) is 24.1 Å². The zero-order chi connectivity index (χ0) is 19.2. The summed E-state index contributed by atoms with van der Waals surface area (Å²) in [6.07, 6.45) is 2.47. The third kappa shape index (κ3) is 4.51. The van der Waals surface area contributed by atoms with Gasteiger partial charge in [0.25, 0.3) is 5.91 Å². The van der Waals surface area contributed by atoms with Gasteiger partial charge in [-0.15, -0.1) is 0 Å². The maximum absolute atomic E-state index is 12.9. The first kappa shape index (κ1) is 19.0. The van der Waals surface area contributed by atoms with Crippen LogP contribution in [0.15, 0.2) is 36.5 Å². The van der Waals surface area contributed by atoms with E-state index in [0.29, 0.717) is 31.3 Å². The van der Waals surface area contributed by atoms with Crippen LogP contribution in [-0.4, -0.2) is 30.7 Å². The molecule has 27 heavy (non-hydrogen) atoms. The van der Waals surface area contributed by atoms with Crippen molar-refractivity contribution in [1.29, 1.82) is 0 Å². The number of pyridine rings is 1. The van der Waals surface area contributed by atoms with Crippen molar-refractivity contribution in [3.63, 3.8) is 0 Å². The van der Waals surface area contributed by atoms with Crippen molar-refractivity contribution < 1.29 is 19.0 Å². The van der Waals surface area contributed by atoms with E-state index in [9.17, 15) is 4.79 Å². The number of nitrogens with one attached hydrogen (secondary N) is 1. The number of amides is 1. The lowest BCUT2D eigenvalue weighted by Crippen LogP contribution is -2.32. The van der Waals surface area contributed by atoms with Crippen LogP contribution < -0.4 is 19.5 Å². The van der Waals surface area contributed by atoms with E-state index in [4.69, 9.17) is 14.2 Å². The van der Waals surface area contributed by atoms with Crippen molar-refractivity contribution in [2.45, 2.75) is 33.2 Å². The van der Waals surface area contributed by atoms with Crippen molar-refractivity contribution in [2.24, 2.45) is 5.92 Å². The summed E-state index contributed by atoms with van der Waals surface area (Å²) < 4.78 is 17.0. The molecule has 0 saturated heterocycles. The largest absolute Gasteiger partial charge is 0.490 e. The Hall–Kier alpha value is -2.76. The van der Waals surface area contributed by atoms with E-state index >= 15 is 0 Å². The number of fused-ring (bicyclic) bond motifs is 1. The van der Waals surface area contributed by atoms with Crippen LogP contribution >= 0.6 is 0 Å². The normalized spacial score (nSPS) is 14.4. The van der Waals surface area contributed by atoms with Crippen molar-refractivity contribution in [1.82, 2.24) is 10.3 Å². The second-order valence-electron chi connectivity index (χ2n) is 6.74. The maximum atomic E-state index is 12.9. The van der Waals surface area contributed by atoms with Gasteiger partial charge < -0.3 is 19.5 Å². The molecule has 1 unspecified atom stereocenters. The molecule has 1 aliphatic heterocycles. The highest BCUT2D eigenvalue weighted by Crippen LogP contribution is 2.34. The van der Waals surface area contributed by atoms with Gasteiger partial charge in [-0.05, 0) is 42.7 Å². The summed E-state index contributed by atoms with van der Waals surface area (Å²) in [5.74, 6) is 1.79. The van der Waals surface area contributed by atoms with Gasteiger partial charge in [0, 0.05) is 12.6 Å². The minimum Gasteiger partial charge on any atom is -0.490 e. The monoisotopic (exact) mass is 370 g/mol. The minimum absolute atomic E-state index is 0.177. The van der Waals surface area contributed by atoms with Crippen molar-refractivity contribution in [3.8, 4) is 17.4 Å². The number of rotatable bonds is 6. The van der Waals surface area contributed by atoms with Crippen molar-refractivity contribution >= 4 is 5.91 Å². The summed E-state index contributed by atoms with van der Waals surface area (Å²) in [5.41, 5.74) is 1.41. The van der Waals surface area contributed by atoms with Gasteiger partial charge in [0.15, 0.2) is 11.5 Å². The zero-order valence-corrected chi connectivity index (χ0v) is 16.0. The number of benzene rings is 1. The summed E-state index contributed by atoms with van der Waals surface area (Å²) >= 11 is 0. The molecule has 1 amide bonds. The molecule has 0 saturated carbocycles. The molecule has 1 N–H and O–H groups in total. The first-order chi connectivity index (χ1) is 13.1. The number of hydrogen-bond donors (Lipinski definition) is 1. The van der Waals surface area contributed by atoms with Crippen LogP contribution in [0.3, 0.4) is 0 Å². The fourth-order valence-electron chi connectivity index (χ4n) is 3.04. The molecule has 1 aliphatic rings.